The van der Waals surface area contributed by atoms with Gasteiger partial charge in [0, 0.05) is 12.0 Å². The summed E-state index contributed by atoms with van der Waals surface area (Å²) >= 11 is 0. The maximum Gasteiger partial charge on any atom is 0.0824 e. The molecule has 2 rings (SSSR count). The van der Waals surface area contributed by atoms with Gasteiger partial charge in [0.15, 0.2) is 0 Å². The van der Waals surface area contributed by atoms with Crippen molar-refractivity contribution in [3.8, 4) is 17.9 Å². The molecular formula is C14H13NO. The van der Waals surface area contributed by atoms with Crippen LogP contribution >= 0.6 is 0 Å². The van der Waals surface area contributed by atoms with Crippen LogP contribution in [0.2, 0.25) is 0 Å². The van der Waals surface area contributed by atoms with Gasteiger partial charge in [0.25, 0.3) is 0 Å². The van der Waals surface area contributed by atoms with E-state index in [1.165, 1.54) is 0 Å². The lowest BCUT2D eigenvalue weighted by atomic mass is 9.96. The van der Waals surface area contributed by atoms with E-state index in [9.17, 15) is 0 Å². The Morgan fingerprint density at radius 1 is 1.38 bits per heavy atom. The zero-order valence-corrected chi connectivity index (χ0v) is 9.03. The fourth-order valence-electron chi connectivity index (χ4n) is 1.71. The van der Waals surface area contributed by atoms with Crippen LogP contribution in [-0.2, 0) is 5.41 Å². The van der Waals surface area contributed by atoms with E-state index in [2.05, 4.69) is 17.9 Å². The summed E-state index contributed by atoms with van der Waals surface area (Å²) in [6, 6.07) is 10.2. The third-order valence-electron chi connectivity index (χ3n) is 2.85. The number of hydrogen-bond acceptors (Lipinski definition) is 2. The zero-order chi connectivity index (χ0) is 11.4. The maximum atomic E-state index is 9.10. The van der Waals surface area contributed by atoms with Crippen molar-refractivity contribution in [3.05, 3.63) is 35.4 Å². The SMILES string of the molecule is N#CC1(c2cccc(C#CCCO)c2)CC1. The average Bonchev–Trinajstić information content (AvgIpc) is 3.11. The molecule has 2 heteroatoms. The van der Waals surface area contributed by atoms with Crippen LogP contribution < -0.4 is 0 Å². The molecular weight excluding hydrogens is 198 g/mol. The van der Waals surface area contributed by atoms with Crippen molar-refractivity contribution in [2.45, 2.75) is 24.7 Å². The molecule has 1 aliphatic carbocycles. The molecule has 0 saturated heterocycles. The van der Waals surface area contributed by atoms with Crippen LogP contribution in [-0.4, -0.2) is 11.7 Å². The highest BCUT2D eigenvalue weighted by molar-refractivity contribution is 5.45. The first-order valence-corrected chi connectivity index (χ1v) is 5.42. The van der Waals surface area contributed by atoms with E-state index in [0.29, 0.717) is 6.42 Å². The Kier molecular flexibility index (Phi) is 2.95. The number of aliphatic hydroxyl groups excluding tert-OH is 1. The second-order valence-electron chi connectivity index (χ2n) is 4.05. The molecule has 0 aromatic heterocycles. The first-order valence-electron chi connectivity index (χ1n) is 5.42. The van der Waals surface area contributed by atoms with Gasteiger partial charge in [-0.05, 0) is 30.5 Å². The molecule has 0 unspecified atom stereocenters. The van der Waals surface area contributed by atoms with Crippen molar-refractivity contribution in [2.75, 3.05) is 6.61 Å². The number of rotatable bonds is 2. The van der Waals surface area contributed by atoms with Crippen LogP contribution in [0.25, 0.3) is 0 Å². The Bertz CT molecular complexity index is 483. The van der Waals surface area contributed by atoms with E-state index in [0.717, 1.165) is 24.0 Å². The van der Waals surface area contributed by atoms with Gasteiger partial charge in [-0.2, -0.15) is 5.26 Å². The second kappa shape index (κ2) is 4.39. The van der Waals surface area contributed by atoms with E-state index in [1.807, 2.05) is 24.3 Å². The van der Waals surface area contributed by atoms with Gasteiger partial charge in [0.1, 0.15) is 0 Å². The molecule has 1 saturated carbocycles. The molecule has 0 bridgehead atoms. The third-order valence-corrected chi connectivity index (χ3v) is 2.85. The minimum absolute atomic E-state index is 0.0921. The highest BCUT2D eigenvalue weighted by Crippen LogP contribution is 2.47. The van der Waals surface area contributed by atoms with Crippen molar-refractivity contribution in [1.82, 2.24) is 0 Å². The molecule has 0 aliphatic heterocycles. The van der Waals surface area contributed by atoms with Crippen LogP contribution in [0, 0.1) is 23.2 Å². The van der Waals surface area contributed by atoms with Gasteiger partial charge in [0.2, 0.25) is 0 Å². The first-order chi connectivity index (χ1) is 7.80. The smallest absolute Gasteiger partial charge is 0.0824 e. The normalized spacial score (nSPS) is 15.8. The Morgan fingerprint density at radius 2 is 2.19 bits per heavy atom. The molecule has 2 nitrogen and oxygen atoms in total. The first kappa shape index (κ1) is 10.7. The van der Waals surface area contributed by atoms with E-state index in [1.54, 1.807) is 0 Å². The van der Waals surface area contributed by atoms with Gasteiger partial charge in [-0.3, -0.25) is 0 Å². The predicted molar refractivity (Wildman–Crippen MR) is 61.5 cm³/mol. The molecule has 1 aliphatic rings. The molecule has 0 amide bonds. The Morgan fingerprint density at radius 3 is 2.81 bits per heavy atom. The van der Waals surface area contributed by atoms with E-state index >= 15 is 0 Å². The number of hydrogen-bond donors (Lipinski definition) is 1. The van der Waals surface area contributed by atoms with E-state index < -0.39 is 0 Å². The lowest BCUT2D eigenvalue weighted by molar-refractivity contribution is 0.305. The van der Waals surface area contributed by atoms with Crippen molar-refractivity contribution in [2.24, 2.45) is 0 Å². The standard InChI is InChI=1S/C14H13NO/c15-11-14(7-8-14)13-6-3-5-12(10-13)4-1-2-9-16/h3,5-6,10,16H,2,7-9H2. The molecule has 1 N–H and O–H groups in total. The largest absolute Gasteiger partial charge is 0.395 e. The van der Waals surface area contributed by atoms with Crippen molar-refractivity contribution in [1.29, 1.82) is 5.26 Å². The average molecular weight is 211 g/mol. The van der Waals surface area contributed by atoms with Crippen LogP contribution in [0.3, 0.4) is 0 Å². The molecule has 1 aromatic rings. The minimum Gasteiger partial charge on any atom is -0.395 e. The molecule has 0 spiro atoms. The number of aliphatic hydroxyl groups is 1. The molecule has 1 fully saturated rings. The van der Waals surface area contributed by atoms with Gasteiger partial charge in [-0.1, -0.05) is 24.0 Å². The quantitative estimate of drug-likeness (QED) is 0.760. The van der Waals surface area contributed by atoms with Crippen LogP contribution in [0.15, 0.2) is 24.3 Å². The zero-order valence-electron chi connectivity index (χ0n) is 9.03. The summed E-state index contributed by atoms with van der Waals surface area (Å²) in [5.74, 6) is 5.88. The molecule has 0 radical (unpaired) electrons. The second-order valence-corrected chi connectivity index (χ2v) is 4.05. The fourth-order valence-corrected chi connectivity index (χ4v) is 1.71. The van der Waals surface area contributed by atoms with Gasteiger partial charge in [-0.15, -0.1) is 0 Å². The van der Waals surface area contributed by atoms with Crippen LogP contribution in [0.1, 0.15) is 30.4 Å². The predicted octanol–water partition coefficient (Wildman–Crippen LogP) is 1.98. The molecule has 0 atom stereocenters. The highest BCUT2D eigenvalue weighted by atomic mass is 16.2. The van der Waals surface area contributed by atoms with Crippen LogP contribution in [0.4, 0.5) is 0 Å². The third kappa shape index (κ3) is 2.08. The summed E-state index contributed by atoms with van der Waals surface area (Å²) < 4.78 is 0. The lowest BCUT2D eigenvalue weighted by Gasteiger charge is -2.05. The summed E-state index contributed by atoms with van der Waals surface area (Å²) in [7, 11) is 0. The summed E-state index contributed by atoms with van der Waals surface area (Å²) in [4.78, 5) is 0. The lowest BCUT2D eigenvalue weighted by Crippen LogP contribution is -2.02. The number of benzene rings is 1. The fraction of sp³-hybridized carbons (Fsp3) is 0.357. The van der Waals surface area contributed by atoms with E-state index in [4.69, 9.17) is 10.4 Å². The summed E-state index contributed by atoms with van der Waals surface area (Å²) in [5, 5.41) is 17.7. The molecule has 80 valence electrons. The Balaban J connectivity index is 2.22. The van der Waals surface area contributed by atoms with Crippen LogP contribution in [0.5, 0.6) is 0 Å². The molecule has 0 heterocycles. The Hall–Kier alpha value is -1.77. The molecule has 1 aromatic carbocycles. The van der Waals surface area contributed by atoms with Crippen molar-refractivity contribution < 1.29 is 5.11 Å². The highest BCUT2D eigenvalue weighted by Gasteiger charge is 2.44. The van der Waals surface area contributed by atoms with E-state index in [-0.39, 0.29) is 12.0 Å². The topological polar surface area (TPSA) is 44.0 Å². The maximum absolute atomic E-state index is 9.10. The van der Waals surface area contributed by atoms with Crippen molar-refractivity contribution >= 4 is 0 Å². The van der Waals surface area contributed by atoms with Gasteiger partial charge < -0.3 is 5.11 Å². The van der Waals surface area contributed by atoms with Gasteiger partial charge in [-0.25, -0.2) is 0 Å². The van der Waals surface area contributed by atoms with Gasteiger partial charge in [0.05, 0.1) is 18.1 Å². The minimum atomic E-state index is -0.241. The molecule has 16 heavy (non-hydrogen) atoms. The number of nitriles is 1. The van der Waals surface area contributed by atoms with Gasteiger partial charge >= 0.3 is 0 Å². The summed E-state index contributed by atoms with van der Waals surface area (Å²) in [5.41, 5.74) is 1.76. The summed E-state index contributed by atoms with van der Waals surface area (Å²) in [6.07, 6.45) is 2.40. The Labute approximate surface area is 95.5 Å². The number of nitrogens with zero attached hydrogens (tertiary/aromatic N) is 1. The summed E-state index contributed by atoms with van der Waals surface area (Å²) in [6.45, 7) is 0.0921. The monoisotopic (exact) mass is 211 g/mol. The van der Waals surface area contributed by atoms with Crippen molar-refractivity contribution in [3.63, 3.8) is 0 Å².